The summed E-state index contributed by atoms with van der Waals surface area (Å²) in [6.45, 7) is 3.60. The van der Waals surface area contributed by atoms with Crippen LogP contribution in [0.3, 0.4) is 0 Å². The Balaban J connectivity index is 1.12. The minimum absolute atomic E-state index is 0.00543. The first-order chi connectivity index (χ1) is 17.6. The van der Waals surface area contributed by atoms with Crippen molar-refractivity contribution in [2.45, 2.75) is 31.5 Å². The quantitative estimate of drug-likeness (QED) is 0.424. The van der Waals surface area contributed by atoms with Crippen molar-refractivity contribution in [2.75, 3.05) is 31.6 Å². The summed E-state index contributed by atoms with van der Waals surface area (Å²) < 4.78 is 27.2. The SMILES string of the molecule is Oc1ncnc2nc(NC3CCN(CC4COc5ccccc5O4)CC3)n(Cc3ccc(F)cc3)c12. The summed E-state index contributed by atoms with van der Waals surface area (Å²) in [5.41, 5.74) is 1.75. The molecule has 0 aliphatic carbocycles. The molecule has 10 heteroatoms. The average Bonchev–Trinajstić information content (AvgIpc) is 3.24. The summed E-state index contributed by atoms with van der Waals surface area (Å²) in [4.78, 5) is 15.2. The van der Waals surface area contributed by atoms with Gasteiger partial charge in [-0.05, 0) is 42.7 Å². The third kappa shape index (κ3) is 4.64. The van der Waals surface area contributed by atoms with Gasteiger partial charge < -0.3 is 19.9 Å². The van der Waals surface area contributed by atoms with Crippen molar-refractivity contribution < 1.29 is 19.0 Å². The van der Waals surface area contributed by atoms with Gasteiger partial charge in [0.05, 0.1) is 6.54 Å². The van der Waals surface area contributed by atoms with Gasteiger partial charge in [0.1, 0.15) is 24.9 Å². The van der Waals surface area contributed by atoms with E-state index in [0.717, 1.165) is 49.5 Å². The van der Waals surface area contributed by atoms with E-state index in [2.05, 4.69) is 25.2 Å². The molecule has 2 N–H and O–H groups in total. The van der Waals surface area contributed by atoms with E-state index in [0.29, 0.717) is 30.3 Å². The molecule has 1 saturated heterocycles. The molecule has 2 aliphatic heterocycles. The van der Waals surface area contributed by atoms with Crippen LogP contribution in [0.4, 0.5) is 10.3 Å². The molecule has 6 rings (SSSR count). The summed E-state index contributed by atoms with van der Waals surface area (Å²) in [5.74, 6) is 1.80. The maximum atomic E-state index is 13.4. The lowest BCUT2D eigenvalue weighted by Crippen LogP contribution is -2.46. The monoisotopic (exact) mass is 490 g/mol. The van der Waals surface area contributed by atoms with Crippen molar-refractivity contribution in [3.05, 3.63) is 66.2 Å². The van der Waals surface area contributed by atoms with Crippen LogP contribution in [-0.2, 0) is 6.54 Å². The fourth-order valence-electron chi connectivity index (χ4n) is 4.87. The van der Waals surface area contributed by atoms with Crippen LogP contribution in [0.5, 0.6) is 17.4 Å². The average molecular weight is 491 g/mol. The molecule has 1 unspecified atom stereocenters. The molecule has 0 amide bonds. The van der Waals surface area contributed by atoms with Crippen LogP contribution >= 0.6 is 0 Å². The molecule has 1 fully saturated rings. The highest BCUT2D eigenvalue weighted by Gasteiger charge is 2.27. The van der Waals surface area contributed by atoms with Crippen molar-refractivity contribution in [3.63, 3.8) is 0 Å². The van der Waals surface area contributed by atoms with E-state index < -0.39 is 0 Å². The Labute approximate surface area is 207 Å². The second kappa shape index (κ2) is 9.62. The Morgan fingerprint density at radius 2 is 1.81 bits per heavy atom. The van der Waals surface area contributed by atoms with E-state index in [1.165, 1.54) is 18.5 Å². The molecule has 0 spiro atoms. The number of para-hydroxylation sites is 2. The smallest absolute Gasteiger partial charge is 0.241 e. The van der Waals surface area contributed by atoms with Gasteiger partial charge in [-0.3, -0.25) is 9.47 Å². The standard InChI is InChI=1S/C26H27FN6O3/c27-18-7-5-17(6-8-18)13-33-23-24(28-16-29-25(23)34)31-26(33)30-19-9-11-32(12-10-19)14-20-15-35-21-3-1-2-4-22(21)36-20/h1-8,16,19-20H,9-15H2,(H2,28,29,30,31,34). The first kappa shape index (κ1) is 22.5. The van der Waals surface area contributed by atoms with Crippen LogP contribution in [-0.4, -0.2) is 67.9 Å². The Bertz CT molecular complexity index is 1350. The Kier molecular flexibility index (Phi) is 6.02. The fraction of sp³-hybridized carbons (Fsp3) is 0.346. The highest BCUT2D eigenvalue weighted by Crippen LogP contribution is 2.31. The number of benzene rings is 2. The fourth-order valence-corrected chi connectivity index (χ4v) is 4.87. The summed E-state index contributed by atoms with van der Waals surface area (Å²) in [7, 11) is 0. The molecule has 1 atom stereocenters. The molecule has 36 heavy (non-hydrogen) atoms. The number of imidazole rings is 1. The van der Waals surface area contributed by atoms with Crippen LogP contribution in [0.25, 0.3) is 11.2 Å². The van der Waals surface area contributed by atoms with Gasteiger partial charge in [-0.1, -0.05) is 24.3 Å². The molecule has 186 valence electrons. The molecule has 4 aromatic rings. The lowest BCUT2D eigenvalue weighted by molar-refractivity contribution is 0.0522. The number of halogens is 1. The second-order valence-corrected chi connectivity index (χ2v) is 9.23. The van der Waals surface area contributed by atoms with E-state index >= 15 is 0 Å². The zero-order chi connectivity index (χ0) is 24.5. The van der Waals surface area contributed by atoms with Crippen LogP contribution in [0.15, 0.2) is 54.9 Å². The maximum Gasteiger partial charge on any atom is 0.241 e. The minimum atomic E-state index is -0.292. The largest absolute Gasteiger partial charge is 0.492 e. The molecule has 0 saturated carbocycles. The van der Waals surface area contributed by atoms with E-state index in [4.69, 9.17) is 9.47 Å². The van der Waals surface area contributed by atoms with Crippen molar-refractivity contribution in [1.82, 2.24) is 24.4 Å². The lowest BCUT2D eigenvalue weighted by atomic mass is 10.0. The topological polar surface area (TPSA) is 97.6 Å². The van der Waals surface area contributed by atoms with Gasteiger partial charge in [-0.2, -0.15) is 9.97 Å². The van der Waals surface area contributed by atoms with Gasteiger partial charge in [-0.15, -0.1) is 0 Å². The Hall–Kier alpha value is -3.92. The van der Waals surface area contributed by atoms with Crippen LogP contribution in [0, 0.1) is 5.82 Å². The van der Waals surface area contributed by atoms with Gasteiger partial charge in [0.15, 0.2) is 22.7 Å². The van der Waals surface area contributed by atoms with Crippen molar-refractivity contribution in [1.29, 1.82) is 0 Å². The molecule has 2 aliphatic rings. The second-order valence-electron chi connectivity index (χ2n) is 9.23. The summed E-state index contributed by atoms with van der Waals surface area (Å²) in [5, 5.41) is 14.0. The first-order valence-corrected chi connectivity index (χ1v) is 12.1. The molecule has 9 nitrogen and oxygen atoms in total. The number of piperidine rings is 1. The number of rotatable bonds is 6. The minimum Gasteiger partial charge on any atom is -0.492 e. The highest BCUT2D eigenvalue weighted by atomic mass is 19.1. The van der Waals surface area contributed by atoms with Crippen molar-refractivity contribution >= 4 is 17.1 Å². The number of aromatic hydroxyl groups is 1. The van der Waals surface area contributed by atoms with Crippen LogP contribution in [0.2, 0.25) is 0 Å². The summed E-state index contributed by atoms with van der Waals surface area (Å²) in [6, 6.07) is 14.3. The Morgan fingerprint density at radius 1 is 1.03 bits per heavy atom. The number of nitrogens with zero attached hydrogens (tertiary/aromatic N) is 5. The Morgan fingerprint density at radius 3 is 2.61 bits per heavy atom. The highest BCUT2D eigenvalue weighted by molar-refractivity contribution is 5.79. The number of anilines is 1. The summed E-state index contributed by atoms with van der Waals surface area (Å²) in [6.07, 6.45) is 3.17. The molecule has 0 radical (unpaired) electrons. The number of nitrogens with one attached hydrogen (secondary N) is 1. The molecule has 2 aromatic carbocycles. The van der Waals surface area contributed by atoms with Crippen molar-refractivity contribution in [3.8, 4) is 17.4 Å². The number of aromatic nitrogens is 4. The van der Waals surface area contributed by atoms with Crippen LogP contribution < -0.4 is 14.8 Å². The first-order valence-electron chi connectivity index (χ1n) is 12.1. The zero-order valence-electron chi connectivity index (χ0n) is 19.7. The third-order valence-electron chi connectivity index (χ3n) is 6.73. The number of ether oxygens (including phenoxy) is 2. The van der Waals surface area contributed by atoms with Crippen LogP contribution in [0.1, 0.15) is 18.4 Å². The number of hydrogen-bond acceptors (Lipinski definition) is 8. The lowest BCUT2D eigenvalue weighted by Gasteiger charge is -2.36. The van der Waals surface area contributed by atoms with E-state index in [9.17, 15) is 9.50 Å². The molecular weight excluding hydrogens is 463 g/mol. The molecule has 0 bridgehead atoms. The van der Waals surface area contributed by atoms with Gasteiger partial charge in [0.25, 0.3) is 0 Å². The van der Waals surface area contributed by atoms with Crippen molar-refractivity contribution in [2.24, 2.45) is 0 Å². The zero-order valence-corrected chi connectivity index (χ0v) is 19.7. The van der Waals surface area contributed by atoms with Gasteiger partial charge >= 0.3 is 0 Å². The van der Waals surface area contributed by atoms with E-state index in [1.54, 1.807) is 12.1 Å². The number of likely N-dealkylation sites (tertiary alicyclic amines) is 1. The molecule has 4 heterocycles. The van der Waals surface area contributed by atoms with Gasteiger partial charge in [0.2, 0.25) is 11.8 Å². The predicted octanol–water partition coefficient (Wildman–Crippen LogP) is 3.44. The number of fused-ring (bicyclic) bond motifs is 2. The van der Waals surface area contributed by atoms with Gasteiger partial charge in [0, 0.05) is 25.7 Å². The molecule has 2 aromatic heterocycles. The maximum absolute atomic E-state index is 13.4. The third-order valence-corrected chi connectivity index (χ3v) is 6.73. The summed E-state index contributed by atoms with van der Waals surface area (Å²) >= 11 is 0. The van der Waals surface area contributed by atoms with E-state index in [1.807, 2.05) is 28.8 Å². The normalized spacial score (nSPS) is 18.4. The number of hydrogen-bond donors (Lipinski definition) is 2. The van der Waals surface area contributed by atoms with Gasteiger partial charge in [-0.25, -0.2) is 9.37 Å². The predicted molar refractivity (Wildman–Crippen MR) is 132 cm³/mol. The van der Waals surface area contributed by atoms with E-state index in [-0.39, 0.29) is 23.8 Å². The molecular formula is C26H27FN6O3.